The molecule has 0 saturated carbocycles. The number of sulfonamides is 1. The number of amides is 1. The van der Waals surface area contributed by atoms with Gasteiger partial charge in [0.25, 0.3) is 5.91 Å². The minimum Gasteiger partial charge on any atom is -0.334 e. The smallest absolute Gasteiger partial charge is 0.255 e. The predicted molar refractivity (Wildman–Crippen MR) is 104 cm³/mol. The molecule has 0 aliphatic rings. The van der Waals surface area contributed by atoms with Crippen LogP contribution in [-0.4, -0.2) is 32.8 Å². The van der Waals surface area contributed by atoms with Crippen LogP contribution in [0.3, 0.4) is 0 Å². The van der Waals surface area contributed by atoms with Gasteiger partial charge in [0.15, 0.2) is 0 Å². The number of carbonyl (C=O) groups excluding carboxylic acids is 1. The Labute approximate surface area is 164 Å². The van der Waals surface area contributed by atoms with E-state index in [2.05, 4.69) is 10.8 Å². The molecule has 27 heavy (non-hydrogen) atoms. The Balaban J connectivity index is 2.35. The molecule has 0 fully saturated rings. The fraction of sp³-hybridized carbons (Fsp3) is 0.263. The second-order valence-electron chi connectivity index (χ2n) is 5.88. The number of hydrogen-bond donors (Lipinski definition) is 1. The van der Waals surface area contributed by atoms with Crippen molar-refractivity contribution in [2.75, 3.05) is 13.6 Å². The van der Waals surface area contributed by atoms with Crippen molar-refractivity contribution in [1.29, 1.82) is 5.26 Å². The largest absolute Gasteiger partial charge is 0.334 e. The fourth-order valence-electron chi connectivity index (χ4n) is 2.55. The number of nitrogens with one attached hydrogen (secondary N) is 1. The minimum absolute atomic E-state index is 0.0208. The molecule has 0 radical (unpaired) electrons. The summed E-state index contributed by atoms with van der Waals surface area (Å²) in [5.74, 6) is -0.348. The molecule has 6 nitrogen and oxygen atoms in total. The third-order valence-corrected chi connectivity index (χ3v) is 5.73. The zero-order chi connectivity index (χ0) is 20.0. The molecule has 0 bridgehead atoms. The highest BCUT2D eigenvalue weighted by Gasteiger charge is 2.21. The average molecular weight is 406 g/mol. The number of benzene rings is 2. The van der Waals surface area contributed by atoms with Crippen LogP contribution in [-0.2, 0) is 16.6 Å². The molecule has 0 aliphatic carbocycles. The van der Waals surface area contributed by atoms with Gasteiger partial charge in [-0.1, -0.05) is 30.7 Å². The molecule has 2 aromatic carbocycles. The van der Waals surface area contributed by atoms with Crippen molar-refractivity contribution >= 4 is 27.5 Å². The van der Waals surface area contributed by atoms with Crippen LogP contribution in [0.5, 0.6) is 0 Å². The Kier molecular flexibility index (Phi) is 6.97. The SMILES string of the molecule is CCCN(Cc1ccc(C#N)cc1)C(=O)c1cc(S(=O)(=O)NC)ccc1Cl. The molecule has 0 aliphatic heterocycles. The summed E-state index contributed by atoms with van der Waals surface area (Å²) in [5, 5.41) is 9.08. The van der Waals surface area contributed by atoms with Crippen LogP contribution in [0.15, 0.2) is 47.4 Å². The third-order valence-electron chi connectivity index (χ3n) is 3.98. The monoisotopic (exact) mass is 405 g/mol. The van der Waals surface area contributed by atoms with Gasteiger partial charge in [0.2, 0.25) is 10.0 Å². The second kappa shape index (κ2) is 9.00. The zero-order valence-corrected chi connectivity index (χ0v) is 16.6. The lowest BCUT2D eigenvalue weighted by Gasteiger charge is -2.23. The van der Waals surface area contributed by atoms with E-state index in [1.54, 1.807) is 29.2 Å². The van der Waals surface area contributed by atoms with Crippen molar-refractivity contribution in [1.82, 2.24) is 9.62 Å². The maximum atomic E-state index is 13.0. The van der Waals surface area contributed by atoms with Gasteiger partial charge in [-0.2, -0.15) is 5.26 Å². The van der Waals surface area contributed by atoms with Crippen molar-refractivity contribution < 1.29 is 13.2 Å². The molecule has 0 aromatic heterocycles. The molecule has 2 rings (SSSR count). The molecule has 0 atom stereocenters. The topological polar surface area (TPSA) is 90.3 Å². The normalized spacial score (nSPS) is 11.0. The molecular formula is C19H20ClN3O3S. The average Bonchev–Trinajstić information content (AvgIpc) is 2.68. The van der Waals surface area contributed by atoms with E-state index in [-0.39, 0.29) is 21.4 Å². The quantitative estimate of drug-likeness (QED) is 0.765. The molecule has 0 saturated heterocycles. The summed E-state index contributed by atoms with van der Waals surface area (Å²) in [6.45, 7) is 2.76. The van der Waals surface area contributed by atoms with Gasteiger partial charge in [-0.3, -0.25) is 4.79 Å². The summed E-state index contributed by atoms with van der Waals surface area (Å²) < 4.78 is 26.3. The van der Waals surface area contributed by atoms with Gasteiger partial charge in [-0.15, -0.1) is 0 Å². The van der Waals surface area contributed by atoms with Gasteiger partial charge in [0.05, 0.1) is 27.1 Å². The Morgan fingerprint density at radius 3 is 2.44 bits per heavy atom. The van der Waals surface area contributed by atoms with E-state index >= 15 is 0 Å². The number of nitrogens with zero attached hydrogens (tertiary/aromatic N) is 2. The van der Waals surface area contributed by atoms with Gasteiger partial charge in [-0.05, 0) is 49.4 Å². The number of nitriles is 1. The summed E-state index contributed by atoms with van der Waals surface area (Å²) in [6.07, 6.45) is 0.730. The maximum absolute atomic E-state index is 13.0. The van der Waals surface area contributed by atoms with E-state index in [4.69, 9.17) is 16.9 Å². The first-order valence-electron chi connectivity index (χ1n) is 8.33. The standard InChI is InChI=1S/C19H20ClN3O3S/c1-3-10-23(13-15-6-4-14(12-21)5-7-15)19(24)17-11-16(8-9-18(17)20)27(25,26)22-2/h4-9,11,22H,3,10,13H2,1-2H3. The summed E-state index contributed by atoms with van der Waals surface area (Å²) in [4.78, 5) is 14.6. The lowest BCUT2D eigenvalue weighted by Crippen LogP contribution is -2.31. The van der Waals surface area contributed by atoms with Crippen molar-refractivity contribution in [2.45, 2.75) is 24.8 Å². The third kappa shape index (κ3) is 5.07. The van der Waals surface area contributed by atoms with Crippen molar-refractivity contribution in [3.8, 4) is 6.07 Å². The van der Waals surface area contributed by atoms with Crippen LogP contribution >= 0.6 is 11.6 Å². The van der Waals surface area contributed by atoms with Gasteiger partial charge >= 0.3 is 0 Å². The van der Waals surface area contributed by atoms with E-state index in [0.29, 0.717) is 18.7 Å². The molecule has 0 heterocycles. The molecule has 8 heteroatoms. The van der Waals surface area contributed by atoms with E-state index < -0.39 is 10.0 Å². The number of halogens is 1. The van der Waals surface area contributed by atoms with Crippen molar-refractivity contribution in [3.63, 3.8) is 0 Å². The van der Waals surface area contributed by atoms with Crippen LogP contribution in [0.25, 0.3) is 0 Å². The van der Waals surface area contributed by atoms with Gasteiger partial charge in [-0.25, -0.2) is 13.1 Å². The first-order chi connectivity index (χ1) is 12.8. The van der Waals surface area contributed by atoms with Gasteiger partial charge in [0, 0.05) is 13.1 Å². The van der Waals surface area contributed by atoms with Crippen LogP contribution < -0.4 is 4.72 Å². The number of carbonyl (C=O) groups is 1. The van der Waals surface area contributed by atoms with Crippen LogP contribution in [0, 0.1) is 11.3 Å². The number of rotatable bonds is 7. The van der Waals surface area contributed by atoms with Crippen LogP contribution in [0.2, 0.25) is 5.02 Å². The van der Waals surface area contributed by atoms with Crippen LogP contribution in [0.4, 0.5) is 0 Å². The summed E-state index contributed by atoms with van der Waals surface area (Å²) in [5.41, 5.74) is 1.54. The first kappa shape index (κ1) is 20.9. The summed E-state index contributed by atoms with van der Waals surface area (Å²) in [6, 6.07) is 13.1. The van der Waals surface area contributed by atoms with E-state index in [1.807, 2.05) is 6.92 Å². The summed E-state index contributed by atoms with van der Waals surface area (Å²) in [7, 11) is -2.38. The number of hydrogen-bond acceptors (Lipinski definition) is 4. The van der Waals surface area contributed by atoms with Crippen LogP contribution in [0.1, 0.15) is 34.8 Å². The predicted octanol–water partition coefficient (Wildman–Crippen LogP) is 3.17. The second-order valence-corrected chi connectivity index (χ2v) is 8.18. The Hall–Kier alpha value is -2.40. The first-order valence-corrected chi connectivity index (χ1v) is 10.2. The zero-order valence-electron chi connectivity index (χ0n) is 15.1. The lowest BCUT2D eigenvalue weighted by atomic mass is 10.1. The van der Waals surface area contributed by atoms with E-state index in [1.165, 1.54) is 25.2 Å². The maximum Gasteiger partial charge on any atom is 0.255 e. The van der Waals surface area contributed by atoms with Crippen molar-refractivity contribution in [3.05, 3.63) is 64.2 Å². The van der Waals surface area contributed by atoms with E-state index in [0.717, 1.165) is 12.0 Å². The van der Waals surface area contributed by atoms with E-state index in [9.17, 15) is 13.2 Å². The molecule has 0 spiro atoms. The minimum atomic E-state index is -3.69. The molecule has 2 aromatic rings. The fourth-order valence-corrected chi connectivity index (χ4v) is 3.51. The Morgan fingerprint density at radius 1 is 1.22 bits per heavy atom. The highest BCUT2D eigenvalue weighted by molar-refractivity contribution is 7.89. The molecule has 0 unspecified atom stereocenters. The molecular weight excluding hydrogens is 386 g/mol. The molecule has 1 N–H and O–H groups in total. The summed E-state index contributed by atoms with van der Waals surface area (Å²) >= 11 is 6.17. The molecule has 142 valence electrons. The molecule has 1 amide bonds. The van der Waals surface area contributed by atoms with Crippen molar-refractivity contribution in [2.24, 2.45) is 0 Å². The highest BCUT2D eigenvalue weighted by atomic mass is 35.5. The highest BCUT2D eigenvalue weighted by Crippen LogP contribution is 2.23. The lowest BCUT2D eigenvalue weighted by molar-refractivity contribution is 0.0743. The van der Waals surface area contributed by atoms with Gasteiger partial charge < -0.3 is 4.90 Å². The van der Waals surface area contributed by atoms with Gasteiger partial charge in [0.1, 0.15) is 0 Å². The Bertz CT molecular complexity index is 967. The Morgan fingerprint density at radius 2 is 1.89 bits per heavy atom.